The maximum Gasteiger partial charge on any atom is 0.333 e. The minimum atomic E-state index is -0.389. The van der Waals surface area contributed by atoms with Gasteiger partial charge in [-0.3, -0.25) is 0 Å². The Morgan fingerprint density at radius 1 is 1.35 bits per heavy atom. The van der Waals surface area contributed by atoms with E-state index in [1.165, 1.54) is 5.56 Å². The van der Waals surface area contributed by atoms with E-state index in [4.69, 9.17) is 4.74 Å². The van der Waals surface area contributed by atoms with E-state index < -0.39 is 0 Å². The minimum absolute atomic E-state index is 0.183. The summed E-state index contributed by atoms with van der Waals surface area (Å²) >= 11 is 0. The Balaban J connectivity index is 2.30. The van der Waals surface area contributed by atoms with Gasteiger partial charge in [-0.25, -0.2) is 9.78 Å². The number of benzene rings is 1. The summed E-state index contributed by atoms with van der Waals surface area (Å²) in [5, 5.41) is 0. The first-order chi connectivity index (χ1) is 11.0. The van der Waals surface area contributed by atoms with Crippen LogP contribution in [0.4, 0.5) is 0 Å². The number of ether oxygens (including phenoxy) is 1. The molecule has 0 aliphatic carbocycles. The number of allylic oxidation sites excluding steroid dienone is 1. The quantitative estimate of drug-likeness (QED) is 0.446. The van der Waals surface area contributed by atoms with Crippen LogP contribution in [-0.2, 0) is 29.1 Å². The topological polar surface area (TPSA) is 44.1 Å². The number of rotatable bonds is 7. The number of hydrogen-bond acceptors (Lipinski definition) is 3. The minimum Gasteiger partial charge on any atom is -0.456 e. The van der Waals surface area contributed by atoms with E-state index in [2.05, 4.69) is 34.8 Å². The first-order valence-corrected chi connectivity index (χ1v) is 7.55. The van der Waals surface area contributed by atoms with Crippen LogP contribution < -0.4 is 0 Å². The molecule has 0 N–H and O–H groups in total. The second kappa shape index (κ2) is 7.58. The lowest BCUT2D eigenvalue weighted by atomic mass is 10.2. The van der Waals surface area contributed by atoms with E-state index in [0.29, 0.717) is 18.5 Å². The summed E-state index contributed by atoms with van der Waals surface area (Å²) in [6, 6.07) is 10.1. The molecule has 4 heteroatoms. The van der Waals surface area contributed by atoms with Gasteiger partial charge in [0.05, 0.1) is 11.4 Å². The van der Waals surface area contributed by atoms with E-state index in [1.54, 1.807) is 13.0 Å². The molecule has 0 atom stereocenters. The molecule has 0 aliphatic heterocycles. The summed E-state index contributed by atoms with van der Waals surface area (Å²) in [4.78, 5) is 16.3. The van der Waals surface area contributed by atoms with Crippen LogP contribution in [-0.4, -0.2) is 15.5 Å². The number of hydrogen-bond donors (Lipinski definition) is 0. The Kier molecular flexibility index (Phi) is 5.52. The average molecular weight is 310 g/mol. The molecule has 120 valence electrons. The van der Waals surface area contributed by atoms with E-state index >= 15 is 0 Å². The molecule has 0 radical (unpaired) electrons. The van der Waals surface area contributed by atoms with Gasteiger partial charge in [-0.05, 0) is 19.4 Å². The molecule has 4 nitrogen and oxygen atoms in total. The maximum absolute atomic E-state index is 11.7. The molecule has 0 unspecified atom stereocenters. The van der Waals surface area contributed by atoms with E-state index in [1.807, 2.05) is 25.1 Å². The third kappa shape index (κ3) is 4.19. The lowest BCUT2D eigenvalue weighted by molar-refractivity contribution is -0.140. The standard InChI is InChI=1S/C19H22N2O2/c1-5-9-17-18(13-23-19(22)14(2)3)21(15(4)20-17)12-16-10-7-6-8-11-16/h5-8,10-11H,1-2,9,12-13H2,3-4H3. The molecule has 23 heavy (non-hydrogen) atoms. The molecule has 0 fully saturated rings. The fourth-order valence-corrected chi connectivity index (χ4v) is 2.37. The number of carbonyl (C=O) groups excluding carboxylic acids is 1. The van der Waals surface area contributed by atoms with Crippen molar-refractivity contribution in [2.24, 2.45) is 0 Å². The van der Waals surface area contributed by atoms with E-state index in [9.17, 15) is 4.79 Å². The predicted molar refractivity (Wildman–Crippen MR) is 91.0 cm³/mol. The Hall–Kier alpha value is -2.62. The molecular formula is C19H22N2O2. The first kappa shape index (κ1) is 16.7. The summed E-state index contributed by atoms with van der Waals surface area (Å²) in [6.45, 7) is 11.9. The van der Waals surface area contributed by atoms with E-state index in [0.717, 1.165) is 17.2 Å². The molecule has 0 aliphatic rings. The molecule has 2 aromatic rings. The van der Waals surface area contributed by atoms with Gasteiger partial charge in [-0.2, -0.15) is 0 Å². The van der Waals surface area contributed by atoms with Crippen molar-refractivity contribution >= 4 is 5.97 Å². The van der Waals surface area contributed by atoms with Crippen LogP contribution in [0.25, 0.3) is 0 Å². The summed E-state index contributed by atoms with van der Waals surface area (Å²) in [7, 11) is 0. The Morgan fingerprint density at radius 3 is 2.65 bits per heavy atom. The number of carbonyl (C=O) groups is 1. The van der Waals surface area contributed by atoms with Crippen LogP contribution in [0, 0.1) is 6.92 Å². The lowest BCUT2D eigenvalue weighted by Crippen LogP contribution is -2.12. The van der Waals surface area contributed by atoms with Gasteiger partial charge < -0.3 is 9.30 Å². The van der Waals surface area contributed by atoms with Crippen molar-refractivity contribution in [3.8, 4) is 0 Å². The summed E-state index contributed by atoms with van der Waals surface area (Å²) in [5.41, 5.74) is 3.36. The van der Waals surface area contributed by atoms with Crippen molar-refractivity contribution in [3.63, 3.8) is 0 Å². The third-order valence-corrected chi connectivity index (χ3v) is 3.56. The zero-order chi connectivity index (χ0) is 16.8. The Morgan fingerprint density at radius 2 is 2.04 bits per heavy atom. The summed E-state index contributed by atoms with van der Waals surface area (Å²) in [6.07, 6.45) is 2.45. The molecule has 1 aromatic heterocycles. The molecule has 0 amide bonds. The summed E-state index contributed by atoms with van der Waals surface area (Å²) < 4.78 is 7.42. The van der Waals surface area contributed by atoms with Gasteiger partial charge in [0.1, 0.15) is 12.4 Å². The van der Waals surface area contributed by atoms with Gasteiger partial charge in [0.15, 0.2) is 0 Å². The van der Waals surface area contributed by atoms with Crippen molar-refractivity contribution in [2.75, 3.05) is 0 Å². The largest absolute Gasteiger partial charge is 0.456 e. The van der Waals surface area contributed by atoms with Gasteiger partial charge >= 0.3 is 5.97 Å². The zero-order valence-electron chi connectivity index (χ0n) is 13.7. The number of esters is 1. The van der Waals surface area contributed by atoms with Crippen LogP contribution in [0.5, 0.6) is 0 Å². The molecule has 1 heterocycles. The van der Waals surface area contributed by atoms with Gasteiger partial charge in [0, 0.05) is 18.5 Å². The van der Waals surface area contributed by atoms with Crippen LogP contribution in [0.3, 0.4) is 0 Å². The zero-order valence-corrected chi connectivity index (χ0v) is 13.7. The lowest BCUT2D eigenvalue weighted by Gasteiger charge is -2.12. The van der Waals surface area contributed by atoms with Crippen LogP contribution in [0.2, 0.25) is 0 Å². The first-order valence-electron chi connectivity index (χ1n) is 7.55. The average Bonchev–Trinajstić information content (AvgIpc) is 2.82. The van der Waals surface area contributed by atoms with Gasteiger partial charge in [0.25, 0.3) is 0 Å². The molecular weight excluding hydrogens is 288 g/mol. The maximum atomic E-state index is 11.7. The van der Waals surface area contributed by atoms with Gasteiger partial charge in [0.2, 0.25) is 0 Å². The highest BCUT2D eigenvalue weighted by Crippen LogP contribution is 2.17. The van der Waals surface area contributed by atoms with Crippen molar-refractivity contribution in [1.29, 1.82) is 0 Å². The smallest absolute Gasteiger partial charge is 0.333 e. The number of nitrogens with zero attached hydrogens (tertiary/aromatic N) is 2. The highest BCUT2D eigenvalue weighted by molar-refractivity contribution is 5.86. The number of aryl methyl sites for hydroxylation is 1. The second-order valence-corrected chi connectivity index (χ2v) is 5.47. The number of aromatic nitrogens is 2. The molecule has 2 rings (SSSR count). The highest BCUT2D eigenvalue weighted by atomic mass is 16.5. The van der Waals surface area contributed by atoms with Crippen molar-refractivity contribution in [1.82, 2.24) is 9.55 Å². The number of imidazole rings is 1. The SMILES string of the molecule is C=CCc1nc(C)n(Cc2ccccc2)c1COC(=O)C(=C)C. The second-order valence-electron chi connectivity index (χ2n) is 5.47. The predicted octanol–water partition coefficient (Wildman–Crippen LogP) is 3.59. The van der Waals surface area contributed by atoms with Crippen LogP contribution in [0.15, 0.2) is 55.1 Å². The third-order valence-electron chi connectivity index (χ3n) is 3.56. The molecule has 0 bridgehead atoms. The fourth-order valence-electron chi connectivity index (χ4n) is 2.37. The monoisotopic (exact) mass is 310 g/mol. The Bertz CT molecular complexity index is 714. The molecule has 1 aromatic carbocycles. The van der Waals surface area contributed by atoms with E-state index in [-0.39, 0.29) is 12.6 Å². The fraction of sp³-hybridized carbons (Fsp3) is 0.263. The van der Waals surface area contributed by atoms with Crippen molar-refractivity contribution in [3.05, 3.63) is 77.9 Å². The molecule has 0 saturated carbocycles. The highest BCUT2D eigenvalue weighted by Gasteiger charge is 2.16. The summed E-state index contributed by atoms with van der Waals surface area (Å²) in [5.74, 6) is 0.506. The van der Waals surface area contributed by atoms with Crippen molar-refractivity contribution in [2.45, 2.75) is 33.4 Å². The van der Waals surface area contributed by atoms with Gasteiger partial charge in [-0.15, -0.1) is 6.58 Å². The Labute approximate surface area is 137 Å². The van der Waals surface area contributed by atoms with Crippen LogP contribution >= 0.6 is 0 Å². The van der Waals surface area contributed by atoms with Gasteiger partial charge in [-0.1, -0.05) is 43.0 Å². The molecule has 0 saturated heterocycles. The van der Waals surface area contributed by atoms with Crippen LogP contribution in [0.1, 0.15) is 29.7 Å². The van der Waals surface area contributed by atoms with Crippen molar-refractivity contribution < 1.29 is 9.53 Å². The normalized spacial score (nSPS) is 10.3. The molecule has 0 spiro atoms.